The van der Waals surface area contributed by atoms with Crippen LogP contribution >= 0.6 is 12.4 Å². The number of halogens is 1. The van der Waals surface area contributed by atoms with E-state index in [1.54, 1.807) is 0 Å². The standard InChI is InChI=1S/C16H22N2O2.ClH/c1-11-3-4-12(2)14(7-11)15(19)5-6-16(20)18-10-13-8-17-9-13;/h3-4,7,13,17H,5-6,8-10H2,1-2H3,(H,18,20);1H. The third-order valence-corrected chi connectivity index (χ3v) is 3.73. The van der Waals surface area contributed by atoms with Gasteiger partial charge in [-0.05, 0) is 25.5 Å². The first-order valence-corrected chi connectivity index (χ1v) is 7.14. The second kappa shape index (κ2) is 8.15. The van der Waals surface area contributed by atoms with Gasteiger partial charge in [0.25, 0.3) is 0 Å². The molecule has 0 unspecified atom stereocenters. The van der Waals surface area contributed by atoms with Crippen LogP contribution in [-0.4, -0.2) is 31.3 Å². The lowest BCUT2D eigenvalue weighted by molar-refractivity contribution is -0.121. The van der Waals surface area contributed by atoms with Crippen LogP contribution in [0.1, 0.15) is 34.3 Å². The van der Waals surface area contributed by atoms with E-state index in [-0.39, 0.29) is 36.9 Å². The first-order valence-electron chi connectivity index (χ1n) is 7.14. The number of amides is 1. The largest absolute Gasteiger partial charge is 0.356 e. The number of benzene rings is 1. The number of Topliss-reactive ketones (excluding diaryl/α,β-unsaturated/α-hetero) is 1. The summed E-state index contributed by atoms with van der Waals surface area (Å²) >= 11 is 0. The number of nitrogens with one attached hydrogen (secondary N) is 2. The number of aryl methyl sites for hydroxylation is 2. The SMILES string of the molecule is Cc1ccc(C)c(C(=O)CCC(=O)NCC2CNC2)c1.Cl. The second-order valence-electron chi connectivity index (χ2n) is 5.57. The average Bonchev–Trinajstić information content (AvgIpc) is 2.37. The van der Waals surface area contributed by atoms with Gasteiger partial charge >= 0.3 is 0 Å². The Morgan fingerprint density at radius 1 is 1.24 bits per heavy atom. The van der Waals surface area contributed by atoms with Crippen molar-refractivity contribution in [3.05, 3.63) is 34.9 Å². The number of carbonyl (C=O) groups excluding carboxylic acids is 2. The minimum absolute atomic E-state index is 0. The van der Waals surface area contributed by atoms with E-state index in [9.17, 15) is 9.59 Å². The van der Waals surface area contributed by atoms with Gasteiger partial charge in [0.1, 0.15) is 0 Å². The number of hydrogen-bond donors (Lipinski definition) is 2. The molecule has 1 heterocycles. The fourth-order valence-corrected chi connectivity index (χ4v) is 2.24. The van der Waals surface area contributed by atoms with Gasteiger partial charge in [-0.25, -0.2) is 0 Å². The van der Waals surface area contributed by atoms with Crippen molar-refractivity contribution in [2.75, 3.05) is 19.6 Å². The summed E-state index contributed by atoms with van der Waals surface area (Å²) < 4.78 is 0. The molecule has 116 valence electrons. The van der Waals surface area contributed by atoms with Crippen molar-refractivity contribution >= 4 is 24.1 Å². The van der Waals surface area contributed by atoms with Gasteiger partial charge in [-0.1, -0.05) is 17.7 Å². The molecule has 1 fully saturated rings. The van der Waals surface area contributed by atoms with Crippen molar-refractivity contribution < 1.29 is 9.59 Å². The topological polar surface area (TPSA) is 58.2 Å². The Bertz CT molecular complexity index is 513. The Balaban J connectivity index is 0.00000220. The van der Waals surface area contributed by atoms with Crippen molar-refractivity contribution in [1.82, 2.24) is 10.6 Å². The molecular formula is C16H23ClN2O2. The highest BCUT2D eigenvalue weighted by atomic mass is 35.5. The van der Waals surface area contributed by atoms with E-state index < -0.39 is 0 Å². The van der Waals surface area contributed by atoms with Gasteiger partial charge < -0.3 is 10.6 Å². The quantitative estimate of drug-likeness (QED) is 0.790. The molecule has 0 bridgehead atoms. The highest BCUT2D eigenvalue weighted by Gasteiger charge is 2.17. The van der Waals surface area contributed by atoms with E-state index in [4.69, 9.17) is 0 Å². The Morgan fingerprint density at radius 2 is 1.95 bits per heavy atom. The van der Waals surface area contributed by atoms with Gasteiger partial charge in [-0.3, -0.25) is 9.59 Å². The van der Waals surface area contributed by atoms with Crippen LogP contribution in [-0.2, 0) is 4.79 Å². The highest BCUT2D eigenvalue weighted by molar-refractivity contribution is 5.99. The zero-order chi connectivity index (χ0) is 14.5. The molecule has 4 nitrogen and oxygen atoms in total. The fourth-order valence-electron chi connectivity index (χ4n) is 2.24. The maximum absolute atomic E-state index is 12.1. The molecule has 21 heavy (non-hydrogen) atoms. The number of carbonyl (C=O) groups is 2. The summed E-state index contributed by atoms with van der Waals surface area (Å²) in [5, 5.41) is 6.05. The second-order valence-corrected chi connectivity index (χ2v) is 5.57. The van der Waals surface area contributed by atoms with Crippen molar-refractivity contribution in [2.45, 2.75) is 26.7 Å². The van der Waals surface area contributed by atoms with Crippen molar-refractivity contribution in [2.24, 2.45) is 5.92 Å². The normalized spacial score (nSPS) is 14.0. The lowest BCUT2D eigenvalue weighted by atomic mass is 9.99. The molecule has 1 saturated heterocycles. The molecule has 1 aliphatic heterocycles. The Kier molecular flexibility index (Phi) is 6.85. The van der Waals surface area contributed by atoms with Gasteiger partial charge in [-0.15, -0.1) is 12.4 Å². The molecule has 0 radical (unpaired) electrons. The van der Waals surface area contributed by atoms with Gasteiger partial charge in [0.15, 0.2) is 5.78 Å². The van der Waals surface area contributed by atoms with Crippen LogP contribution in [0, 0.1) is 19.8 Å². The molecule has 0 atom stereocenters. The van der Waals surface area contributed by atoms with Crippen LogP contribution in [0.3, 0.4) is 0 Å². The summed E-state index contributed by atoms with van der Waals surface area (Å²) in [5.74, 6) is 0.566. The fraction of sp³-hybridized carbons (Fsp3) is 0.500. The van der Waals surface area contributed by atoms with E-state index in [2.05, 4.69) is 10.6 Å². The first kappa shape index (κ1) is 17.7. The summed E-state index contributed by atoms with van der Waals surface area (Å²) in [4.78, 5) is 23.8. The Labute approximate surface area is 132 Å². The smallest absolute Gasteiger partial charge is 0.220 e. The van der Waals surface area contributed by atoms with Gasteiger partial charge in [-0.2, -0.15) is 0 Å². The van der Waals surface area contributed by atoms with Gasteiger partial charge in [0, 0.05) is 44.0 Å². The zero-order valence-electron chi connectivity index (χ0n) is 12.6. The minimum Gasteiger partial charge on any atom is -0.356 e. The first-order chi connectivity index (χ1) is 9.56. The molecule has 1 aliphatic rings. The van der Waals surface area contributed by atoms with E-state index in [1.807, 2.05) is 32.0 Å². The van der Waals surface area contributed by atoms with Crippen LogP contribution in [0.5, 0.6) is 0 Å². The maximum Gasteiger partial charge on any atom is 0.220 e. The molecular weight excluding hydrogens is 288 g/mol. The molecule has 0 aromatic heterocycles. The van der Waals surface area contributed by atoms with Crippen LogP contribution in [0.2, 0.25) is 0 Å². The third kappa shape index (κ3) is 5.14. The number of hydrogen-bond acceptors (Lipinski definition) is 3. The summed E-state index contributed by atoms with van der Waals surface area (Å²) in [6, 6.07) is 5.84. The Hall–Kier alpha value is -1.39. The van der Waals surface area contributed by atoms with Crippen LogP contribution < -0.4 is 10.6 Å². The molecule has 1 aromatic rings. The van der Waals surface area contributed by atoms with Crippen molar-refractivity contribution in [3.8, 4) is 0 Å². The van der Waals surface area contributed by atoms with Crippen LogP contribution in [0.15, 0.2) is 18.2 Å². The number of rotatable bonds is 6. The van der Waals surface area contributed by atoms with Gasteiger partial charge in [0.2, 0.25) is 5.91 Å². The van der Waals surface area contributed by atoms with E-state index in [1.165, 1.54) is 0 Å². The van der Waals surface area contributed by atoms with Gasteiger partial charge in [0.05, 0.1) is 0 Å². The average molecular weight is 311 g/mol. The lowest BCUT2D eigenvalue weighted by Crippen LogP contribution is -2.48. The predicted octanol–water partition coefficient (Wildman–Crippen LogP) is 2.02. The maximum atomic E-state index is 12.1. The summed E-state index contributed by atoms with van der Waals surface area (Å²) in [7, 11) is 0. The lowest BCUT2D eigenvalue weighted by Gasteiger charge is -2.27. The molecule has 1 aromatic carbocycles. The summed E-state index contributed by atoms with van der Waals surface area (Å²) in [5.41, 5.74) is 2.78. The third-order valence-electron chi connectivity index (χ3n) is 3.73. The van der Waals surface area contributed by atoms with Crippen molar-refractivity contribution in [3.63, 3.8) is 0 Å². The predicted molar refractivity (Wildman–Crippen MR) is 86.1 cm³/mol. The molecule has 2 rings (SSSR count). The Morgan fingerprint density at radius 3 is 2.57 bits per heavy atom. The highest BCUT2D eigenvalue weighted by Crippen LogP contribution is 2.13. The van der Waals surface area contributed by atoms with Crippen LogP contribution in [0.25, 0.3) is 0 Å². The molecule has 0 aliphatic carbocycles. The van der Waals surface area contributed by atoms with E-state index in [0.717, 1.165) is 29.8 Å². The minimum atomic E-state index is -0.0319. The molecule has 5 heteroatoms. The summed E-state index contributed by atoms with van der Waals surface area (Å²) in [6.45, 7) is 6.55. The molecule has 0 saturated carbocycles. The summed E-state index contributed by atoms with van der Waals surface area (Å²) in [6.07, 6.45) is 0.547. The molecule has 2 N–H and O–H groups in total. The number of ketones is 1. The monoisotopic (exact) mass is 310 g/mol. The molecule has 0 spiro atoms. The van der Waals surface area contributed by atoms with Crippen molar-refractivity contribution in [1.29, 1.82) is 0 Å². The van der Waals surface area contributed by atoms with Crippen LogP contribution in [0.4, 0.5) is 0 Å². The molecule has 1 amide bonds. The van der Waals surface area contributed by atoms with E-state index >= 15 is 0 Å². The zero-order valence-corrected chi connectivity index (χ0v) is 13.4. The van der Waals surface area contributed by atoms with E-state index in [0.29, 0.717) is 12.5 Å².